The van der Waals surface area contributed by atoms with Crippen LogP contribution in [0.4, 0.5) is 5.69 Å². The van der Waals surface area contributed by atoms with E-state index in [1.165, 1.54) is 24.9 Å². The van der Waals surface area contributed by atoms with E-state index in [0.29, 0.717) is 12.2 Å². The molecule has 1 unspecified atom stereocenters. The molecule has 1 saturated heterocycles. The highest BCUT2D eigenvalue weighted by molar-refractivity contribution is 5.81. The molecular weight excluding hydrogens is 386 g/mol. The van der Waals surface area contributed by atoms with Crippen molar-refractivity contribution in [1.29, 1.82) is 0 Å². The molecule has 0 amide bonds. The number of rotatable bonds is 8. The normalized spacial score (nSPS) is 19.2. The van der Waals surface area contributed by atoms with Gasteiger partial charge in [-0.25, -0.2) is 0 Å². The molecule has 0 spiro atoms. The summed E-state index contributed by atoms with van der Waals surface area (Å²) in [6.07, 6.45) is 8.31. The molecule has 0 bridgehead atoms. The summed E-state index contributed by atoms with van der Waals surface area (Å²) in [6.45, 7) is 4.80. The first-order chi connectivity index (χ1) is 15.2. The number of hydrogen-bond acceptors (Lipinski definition) is 5. The minimum Gasteiger partial charge on any atom is -0.495 e. The molecule has 0 radical (unpaired) electrons. The van der Waals surface area contributed by atoms with Crippen LogP contribution in [0.2, 0.25) is 0 Å². The Morgan fingerprint density at radius 2 is 1.77 bits per heavy atom. The first-order valence-corrected chi connectivity index (χ1v) is 11.8. The largest absolute Gasteiger partial charge is 0.495 e. The number of ether oxygens (including phenoxy) is 1. The molecule has 5 heteroatoms. The molecule has 2 aromatic rings. The molecule has 1 aliphatic heterocycles. The predicted molar refractivity (Wildman–Crippen MR) is 125 cm³/mol. The van der Waals surface area contributed by atoms with Gasteiger partial charge in [-0.2, -0.15) is 0 Å². The molecule has 166 valence electrons. The molecule has 31 heavy (non-hydrogen) atoms. The molecule has 1 aliphatic carbocycles. The molecule has 2 heterocycles. The molecule has 1 aromatic carbocycles. The first-order valence-electron chi connectivity index (χ1n) is 11.8. The second-order valence-corrected chi connectivity index (χ2v) is 8.92. The second-order valence-electron chi connectivity index (χ2n) is 8.92. The number of pyridine rings is 1. The van der Waals surface area contributed by atoms with E-state index in [2.05, 4.69) is 33.0 Å². The zero-order valence-corrected chi connectivity index (χ0v) is 18.7. The van der Waals surface area contributed by atoms with Crippen LogP contribution in [-0.4, -0.2) is 55.5 Å². The van der Waals surface area contributed by atoms with Crippen molar-refractivity contribution in [2.24, 2.45) is 5.92 Å². The number of Topliss-reactive ketones (excluding diaryl/α,β-unsaturated/α-hetero) is 1. The summed E-state index contributed by atoms with van der Waals surface area (Å²) in [4.78, 5) is 22.6. The van der Waals surface area contributed by atoms with Crippen LogP contribution in [0, 0.1) is 5.92 Å². The SMILES string of the molecule is COc1ccccc1N1CCN(CC(CC(=O)C2CCCCC2)c2ccccn2)CC1. The van der Waals surface area contributed by atoms with E-state index < -0.39 is 0 Å². The molecule has 4 rings (SSSR count). The van der Waals surface area contributed by atoms with E-state index in [1.807, 2.05) is 30.5 Å². The summed E-state index contributed by atoms with van der Waals surface area (Å²) in [6, 6.07) is 14.3. The van der Waals surface area contributed by atoms with Crippen LogP contribution in [0.1, 0.15) is 50.1 Å². The highest BCUT2D eigenvalue weighted by Crippen LogP contribution is 2.31. The zero-order valence-electron chi connectivity index (χ0n) is 18.7. The van der Waals surface area contributed by atoms with Gasteiger partial charge in [0.1, 0.15) is 11.5 Å². The number of benzene rings is 1. The number of methoxy groups -OCH3 is 1. The molecule has 1 saturated carbocycles. The van der Waals surface area contributed by atoms with Crippen molar-refractivity contribution in [2.75, 3.05) is 44.7 Å². The summed E-state index contributed by atoms with van der Waals surface area (Å²) in [5, 5.41) is 0. The van der Waals surface area contributed by atoms with Crippen LogP contribution < -0.4 is 9.64 Å². The highest BCUT2D eigenvalue weighted by atomic mass is 16.5. The average molecular weight is 422 g/mol. The van der Waals surface area contributed by atoms with Crippen molar-refractivity contribution in [3.8, 4) is 5.75 Å². The van der Waals surface area contributed by atoms with Gasteiger partial charge < -0.3 is 9.64 Å². The fourth-order valence-electron chi connectivity index (χ4n) is 5.09. The summed E-state index contributed by atoms with van der Waals surface area (Å²) < 4.78 is 5.55. The number of nitrogens with zero attached hydrogens (tertiary/aromatic N) is 3. The molecule has 2 aliphatic rings. The van der Waals surface area contributed by atoms with Crippen LogP contribution in [0.3, 0.4) is 0 Å². The number of piperazine rings is 1. The molecule has 1 aromatic heterocycles. The predicted octanol–water partition coefficient (Wildman–Crippen LogP) is 4.54. The third-order valence-corrected chi connectivity index (χ3v) is 6.89. The molecule has 0 N–H and O–H groups in total. The van der Waals surface area contributed by atoms with Gasteiger partial charge >= 0.3 is 0 Å². The second kappa shape index (κ2) is 10.8. The van der Waals surface area contributed by atoms with E-state index in [4.69, 9.17) is 4.74 Å². The number of aromatic nitrogens is 1. The average Bonchev–Trinajstić information content (AvgIpc) is 2.85. The van der Waals surface area contributed by atoms with Gasteiger partial charge in [0.15, 0.2) is 0 Å². The summed E-state index contributed by atoms with van der Waals surface area (Å²) in [5.74, 6) is 1.82. The third-order valence-electron chi connectivity index (χ3n) is 6.89. The maximum absolute atomic E-state index is 13.1. The Balaban J connectivity index is 1.39. The Kier molecular flexibility index (Phi) is 7.57. The lowest BCUT2D eigenvalue weighted by molar-refractivity contribution is -0.124. The fourth-order valence-corrected chi connectivity index (χ4v) is 5.09. The highest BCUT2D eigenvalue weighted by Gasteiger charge is 2.28. The van der Waals surface area contributed by atoms with Gasteiger partial charge in [-0.1, -0.05) is 37.5 Å². The van der Waals surface area contributed by atoms with Crippen molar-refractivity contribution >= 4 is 11.5 Å². The quantitative estimate of drug-likeness (QED) is 0.626. The standard InChI is InChI=1S/C26H35N3O2/c1-31-26-13-6-5-12-24(26)29-17-15-28(16-18-29)20-22(23-11-7-8-14-27-23)19-25(30)21-9-3-2-4-10-21/h5-8,11-14,21-22H,2-4,9-10,15-20H2,1H3. The van der Waals surface area contributed by atoms with Crippen molar-refractivity contribution in [3.63, 3.8) is 0 Å². The van der Waals surface area contributed by atoms with E-state index in [1.54, 1.807) is 7.11 Å². The molecule has 2 fully saturated rings. The van der Waals surface area contributed by atoms with Crippen LogP contribution in [0.25, 0.3) is 0 Å². The third kappa shape index (κ3) is 5.65. The Morgan fingerprint density at radius 1 is 1.03 bits per heavy atom. The summed E-state index contributed by atoms with van der Waals surface area (Å²) in [7, 11) is 1.73. The van der Waals surface area contributed by atoms with Gasteiger partial charge in [0.2, 0.25) is 0 Å². The molecular formula is C26H35N3O2. The maximum atomic E-state index is 13.1. The van der Waals surface area contributed by atoms with Crippen molar-refractivity contribution in [3.05, 3.63) is 54.4 Å². The minimum atomic E-state index is 0.174. The maximum Gasteiger partial charge on any atom is 0.142 e. The number of para-hydroxylation sites is 2. The van der Waals surface area contributed by atoms with E-state index in [9.17, 15) is 4.79 Å². The minimum absolute atomic E-state index is 0.174. The van der Waals surface area contributed by atoms with Gasteiger partial charge in [-0.3, -0.25) is 14.7 Å². The lowest BCUT2D eigenvalue weighted by Gasteiger charge is -2.38. The monoisotopic (exact) mass is 421 g/mol. The smallest absolute Gasteiger partial charge is 0.142 e. The van der Waals surface area contributed by atoms with Crippen LogP contribution in [-0.2, 0) is 4.79 Å². The van der Waals surface area contributed by atoms with E-state index >= 15 is 0 Å². The Labute approximate surface area is 186 Å². The summed E-state index contributed by atoms with van der Waals surface area (Å²) in [5.41, 5.74) is 2.22. The number of carbonyl (C=O) groups excluding carboxylic acids is 1. The molecule has 5 nitrogen and oxygen atoms in total. The molecule has 1 atom stereocenters. The van der Waals surface area contributed by atoms with Crippen LogP contribution in [0.5, 0.6) is 5.75 Å². The first kappa shape index (κ1) is 21.8. The topological polar surface area (TPSA) is 45.7 Å². The Hall–Kier alpha value is -2.40. The summed E-state index contributed by atoms with van der Waals surface area (Å²) >= 11 is 0. The number of hydrogen-bond donors (Lipinski definition) is 0. The number of ketones is 1. The fraction of sp³-hybridized carbons (Fsp3) is 0.538. The number of anilines is 1. The van der Waals surface area contributed by atoms with E-state index in [-0.39, 0.29) is 11.8 Å². The van der Waals surface area contributed by atoms with Gasteiger partial charge in [0.05, 0.1) is 12.8 Å². The lowest BCUT2D eigenvalue weighted by Crippen LogP contribution is -2.47. The van der Waals surface area contributed by atoms with Crippen molar-refractivity contribution in [2.45, 2.75) is 44.4 Å². The Bertz CT molecular complexity index is 828. The lowest BCUT2D eigenvalue weighted by atomic mass is 9.82. The van der Waals surface area contributed by atoms with Crippen LogP contribution in [0.15, 0.2) is 48.7 Å². The Morgan fingerprint density at radius 3 is 2.48 bits per heavy atom. The van der Waals surface area contributed by atoms with Crippen LogP contribution >= 0.6 is 0 Å². The number of carbonyl (C=O) groups is 1. The van der Waals surface area contributed by atoms with Gasteiger partial charge in [-0.15, -0.1) is 0 Å². The zero-order chi connectivity index (χ0) is 21.5. The van der Waals surface area contributed by atoms with E-state index in [0.717, 1.165) is 57.0 Å². The van der Waals surface area contributed by atoms with Gasteiger partial charge in [0.25, 0.3) is 0 Å². The van der Waals surface area contributed by atoms with Gasteiger partial charge in [0, 0.05) is 62.9 Å². The van der Waals surface area contributed by atoms with Crippen molar-refractivity contribution < 1.29 is 9.53 Å². The van der Waals surface area contributed by atoms with Crippen molar-refractivity contribution in [1.82, 2.24) is 9.88 Å². The van der Waals surface area contributed by atoms with Gasteiger partial charge in [-0.05, 0) is 37.1 Å².